The summed E-state index contributed by atoms with van der Waals surface area (Å²) in [4.78, 5) is 0. The lowest BCUT2D eigenvalue weighted by Gasteiger charge is -2.32. The Kier molecular flexibility index (Phi) is 3.69. The van der Waals surface area contributed by atoms with E-state index in [1.165, 1.54) is 4.43 Å². The van der Waals surface area contributed by atoms with E-state index in [4.69, 9.17) is 9.31 Å². The molecular formula is C9H18BIO2. The standard InChI is InChI=1S/C9H18BIO2/c1-8(2)9(3,4)13-10(12-8)6-5-7-11/h5-7H2,1-4H3. The highest BCUT2D eigenvalue weighted by Gasteiger charge is 2.50. The molecule has 0 bridgehead atoms. The number of rotatable bonds is 3. The quantitative estimate of drug-likeness (QED) is 0.453. The minimum absolute atomic E-state index is 0.000217. The molecule has 0 N–H and O–H groups in total. The molecule has 2 nitrogen and oxygen atoms in total. The molecule has 0 unspecified atom stereocenters. The van der Waals surface area contributed by atoms with E-state index in [2.05, 4.69) is 50.3 Å². The molecule has 0 aromatic heterocycles. The second kappa shape index (κ2) is 4.07. The lowest BCUT2D eigenvalue weighted by Crippen LogP contribution is -2.41. The highest BCUT2D eigenvalue weighted by atomic mass is 127. The van der Waals surface area contributed by atoms with Crippen LogP contribution in [0.25, 0.3) is 0 Å². The summed E-state index contributed by atoms with van der Waals surface area (Å²) < 4.78 is 12.8. The molecule has 0 atom stereocenters. The molecule has 0 radical (unpaired) electrons. The van der Waals surface area contributed by atoms with Crippen LogP contribution in [0.2, 0.25) is 6.32 Å². The molecule has 1 rings (SSSR count). The van der Waals surface area contributed by atoms with Gasteiger partial charge in [-0.05, 0) is 44.9 Å². The highest BCUT2D eigenvalue weighted by Crippen LogP contribution is 2.37. The fraction of sp³-hybridized carbons (Fsp3) is 1.00. The maximum atomic E-state index is 5.84. The van der Waals surface area contributed by atoms with Gasteiger partial charge in [0.05, 0.1) is 11.2 Å². The minimum Gasteiger partial charge on any atom is -0.403 e. The molecule has 0 aromatic rings. The summed E-state index contributed by atoms with van der Waals surface area (Å²) >= 11 is 2.38. The van der Waals surface area contributed by atoms with Crippen molar-refractivity contribution in [1.29, 1.82) is 0 Å². The van der Waals surface area contributed by atoms with Gasteiger partial charge in [0, 0.05) is 0 Å². The maximum Gasteiger partial charge on any atom is 0.457 e. The molecule has 76 valence electrons. The predicted octanol–water partition coefficient (Wildman–Crippen LogP) is 2.90. The summed E-state index contributed by atoms with van der Waals surface area (Å²) in [7, 11) is -0.000217. The first-order valence-corrected chi connectivity index (χ1v) is 6.33. The van der Waals surface area contributed by atoms with Gasteiger partial charge in [0.1, 0.15) is 0 Å². The van der Waals surface area contributed by atoms with Crippen molar-refractivity contribution < 1.29 is 9.31 Å². The van der Waals surface area contributed by atoms with Crippen LogP contribution >= 0.6 is 22.6 Å². The van der Waals surface area contributed by atoms with Crippen molar-refractivity contribution in [3.8, 4) is 0 Å². The number of hydrogen-bond donors (Lipinski definition) is 0. The normalized spacial score (nSPS) is 25.2. The van der Waals surface area contributed by atoms with E-state index < -0.39 is 0 Å². The molecule has 1 aliphatic heterocycles. The van der Waals surface area contributed by atoms with Crippen molar-refractivity contribution in [2.75, 3.05) is 4.43 Å². The van der Waals surface area contributed by atoms with Crippen molar-refractivity contribution in [3.63, 3.8) is 0 Å². The molecule has 1 aliphatic rings. The van der Waals surface area contributed by atoms with Crippen molar-refractivity contribution in [2.45, 2.75) is 51.6 Å². The lowest BCUT2D eigenvalue weighted by atomic mass is 9.84. The minimum atomic E-state index is -0.164. The van der Waals surface area contributed by atoms with Crippen molar-refractivity contribution in [3.05, 3.63) is 0 Å². The molecule has 0 spiro atoms. The van der Waals surface area contributed by atoms with Crippen molar-refractivity contribution >= 4 is 29.7 Å². The van der Waals surface area contributed by atoms with Crippen LogP contribution in [0.1, 0.15) is 34.1 Å². The summed E-state index contributed by atoms with van der Waals surface area (Å²) in [5, 5.41) is 0. The summed E-state index contributed by atoms with van der Waals surface area (Å²) in [5.41, 5.74) is -0.328. The first-order chi connectivity index (χ1) is 5.89. The molecule has 0 saturated carbocycles. The van der Waals surface area contributed by atoms with Crippen LogP contribution in [-0.2, 0) is 9.31 Å². The van der Waals surface area contributed by atoms with E-state index in [0.717, 1.165) is 12.7 Å². The van der Waals surface area contributed by atoms with E-state index in [9.17, 15) is 0 Å². The Hall–Kier alpha value is 0.715. The van der Waals surface area contributed by atoms with Crippen LogP contribution in [0, 0.1) is 0 Å². The van der Waals surface area contributed by atoms with E-state index in [0.29, 0.717) is 0 Å². The third-order valence-electron chi connectivity index (χ3n) is 2.88. The van der Waals surface area contributed by atoms with Gasteiger partial charge >= 0.3 is 7.12 Å². The Balaban J connectivity index is 2.50. The van der Waals surface area contributed by atoms with Gasteiger partial charge in [-0.15, -0.1) is 0 Å². The van der Waals surface area contributed by atoms with E-state index >= 15 is 0 Å². The zero-order valence-electron chi connectivity index (χ0n) is 8.89. The first kappa shape index (κ1) is 11.8. The first-order valence-electron chi connectivity index (χ1n) is 4.81. The molecule has 0 aromatic carbocycles. The monoisotopic (exact) mass is 296 g/mol. The molecule has 1 heterocycles. The second-order valence-corrected chi connectivity index (χ2v) is 5.60. The summed E-state index contributed by atoms with van der Waals surface area (Å²) in [6.45, 7) is 8.38. The Morgan fingerprint density at radius 1 is 1.08 bits per heavy atom. The smallest absolute Gasteiger partial charge is 0.403 e. The van der Waals surface area contributed by atoms with Crippen LogP contribution in [0.3, 0.4) is 0 Å². The van der Waals surface area contributed by atoms with E-state index in [1.807, 2.05) is 0 Å². The zero-order chi connectivity index (χ0) is 10.1. The fourth-order valence-electron chi connectivity index (χ4n) is 1.33. The van der Waals surface area contributed by atoms with Gasteiger partial charge in [-0.2, -0.15) is 0 Å². The molecule has 0 amide bonds. The van der Waals surface area contributed by atoms with Crippen molar-refractivity contribution in [2.24, 2.45) is 0 Å². The van der Waals surface area contributed by atoms with Gasteiger partial charge in [-0.25, -0.2) is 0 Å². The van der Waals surface area contributed by atoms with Gasteiger partial charge in [-0.3, -0.25) is 0 Å². The van der Waals surface area contributed by atoms with Gasteiger partial charge in [0.2, 0.25) is 0 Å². The highest BCUT2D eigenvalue weighted by molar-refractivity contribution is 14.1. The third kappa shape index (κ3) is 2.60. The van der Waals surface area contributed by atoms with Crippen LogP contribution < -0.4 is 0 Å². The summed E-state index contributed by atoms with van der Waals surface area (Å²) in [6, 6.07) is 0. The molecule has 1 saturated heterocycles. The lowest BCUT2D eigenvalue weighted by molar-refractivity contribution is 0.00578. The largest absolute Gasteiger partial charge is 0.457 e. The summed E-state index contributed by atoms with van der Waals surface area (Å²) in [6.07, 6.45) is 2.17. The molecule has 0 aliphatic carbocycles. The maximum absolute atomic E-state index is 5.84. The van der Waals surface area contributed by atoms with Crippen LogP contribution in [0.4, 0.5) is 0 Å². The molecule has 4 heteroatoms. The fourth-order valence-corrected chi connectivity index (χ4v) is 1.77. The Morgan fingerprint density at radius 2 is 1.54 bits per heavy atom. The van der Waals surface area contributed by atoms with Crippen LogP contribution in [0.5, 0.6) is 0 Å². The molecular weight excluding hydrogens is 278 g/mol. The average Bonchev–Trinajstić information content (AvgIpc) is 2.17. The Labute approximate surface area is 95.0 Å². The van der Waals surface area contributed by atoms with E-state index in [1.54, 1.807) is 0 Å². The Bertz CT molecular complexity index is 166. The van der Waals surface area contributed by atoms with Gasteiger partial charge in [-0.1, -0.05) is 22.6 Å². The number of alkyl halides is 1. The summed E-state index contributed by atoms with van der Waals surface area (Å²) in [5.74, 6) is 0. The topological polar surface area (TPSA) is 18.5 Å². The molecule has 13 heavy (non-hydrogen) atoms. The SMILES string of the molecule is CC1(C)OB(CCCI)OC1(C)C. The third-order valence-corrected chi connectivity index (χ3v) is 3.64. The van der Waals surface area contributed by atoms with Crippen LogP contribution in [0.15, 0.2) is 0 Å². The van der Waals surface area contributed by atoms with Crippen molar-refractivity contribution in [1.82, 2.24) is 0 Å². The number of hydrogen-bond acceptors (Lipinski definition) is 2. The Morgan fingerprint density at radius 3 is 1.92 bits per heavy atom. The van der Waals surface area contributed by atoms with Gasteiger partial charge < -0.3 is 9.31 Å². The second-order valence-electron chi connectivity index (χ2n) is 4.52. The predicted molar refractivity (Wildman–Crippen MR) is 64.4 cm³/mol. The van der Waals surface area contributed by atoms with E-state index in [-0.39, 0.29) is 18.3 Å². The van der Waals surface area contributed by atoms with Gasteiger partial charge in [0.15, 0.2) is 0 Å². The number of halogens is 1. The molecule has 1 fully saturated rings. The van der Waals surface area contributed by atoms with Gasteiger partial charge in [0.25, 0.3) is 0 Å². The zero-order valence-corrected chi connectivity index (χ0v) is 11.1. The van der Waals surface area contributed by atoms with Crippen LogP contribution in [-0.4, -0.2) is 22.7 Å². The average molecular weight is 296 g/mol.